The lowest BCUT2D eigenvalue weighted by atomic mass is 10.3. The highest BCUT2D eigenvalue weighted by Crippen LogP contribution is 2.25. The number of carbonyl (C=O) groups is 1. The van der Waals surface area contributed by atoms with E-state index in [-0.39, 0.29) is 11.7 Å². The zero-order valence-electron chi connectivity index (χ0n) is 11.8. The molecule has 1 heterocycles. The van der Waals surface area contributed by atoms with E-state index in [1.54, 1.807) is 31.4 Å². The van der Waals surface area contributed by atoms with Gasteiger partial charge in [-0.3, -0.25) is 4.79 Å². The fourth-order valence-corrected chi connectivity index (χ4v) is 3.26. The average Bonchev–Trinajstić information content (AvgIpc) is 2.93. The van der Waals surface area contributed by atoms with Gasteiger partial charge in [0.2, 0.25) is 11.0 Å². The number of halogens is 1. The van der Waals surface area contributed by atoms with Gasteiger partial charge >= 0.3 is 0 Å². The molecule has 0 saturated carbocycles. The monoisotopic (exact) mass is 358 g/mol. The van der Waals surface area contributed by atoms with Crippen LogP contribution < -0.4 is 10.6 Å². The largest absolute Gasteiger partial charge is 0.383 e. The first kappa shape index (κ1) is 17.0. The minimum atomic E-state index is -0.114. The summed E-state index contributed by atoms with van der Waals surface area (Å²) in [5, 5.41) is 15.2. The summed E-state index contributed by atoms with van der Waals surface area (Å²) in [6.07, 6.45) is 0. The van der Waals surface area contributed by atoms with E-state index < -0.39 is 0 Å². The lowest BCUT2D eigenvalue weighted by molar-refractivity contribution is -0.113. The zero-order chi connectivity index (χ0) is 15.8. The van der Waals surface area contributed by atoms with Crippen LogP contribution in [-0.4, -0.2) is 42.1 Å². The predicted octanol–water partition coefficient (Wildman–Crippen LogP) is 2.98. The van der Waals surface area contributed by atoms with Crippen molar-refractivity contribution in [1.29, 1.82) is 0 Å². The molecule has 9 heteroatoms. The topological polar surface area (TPSA) is 76.1 Å². The summed E-state index contributed by atoms with van der Waals surface area (Å²) in [6, 6.07) is 7.03. The second-order valence-corrected chi connectivity index (χ2v) is 6.78. The molecule has 2 rings (SSSR count). The van der Waals surface area contributed by atoms with Crippen molar-refractivity contribution in [3.8, 4) is 0 Å². The summed E-state index contributed by atoms with van der Waals surface area (Å²) in [6.45, 7) is 1.27. The van der Waals surface area contributed by atoms with Gasteiger partial charge in [0.05, 0.1) is 12.4 Å². The molecular weight excluding hydrogens is 344 g/mol. The van der Waals surface area contributed by atoms with E-state index in [1.807, 2.05) is 0 Å². The van der Waals surface area contributed by atoms with Gasteiger partial charge in [-0.1, -0.05) is 40.8 Å². The Morgan fingerprint density at radius 1 is 1.45 bits per heavy atom. The SMILES string of the molecule is COCCNc1nnc(SCC(=O)Nc2cccc(Cl)c2)s1. The first-order chi connectivity index (χ1) is 10.7. The Bertz CT molecular complexity index is 624. The molecule has 6 nitrogen and oxygen atoms in total. The van der Waals surface area contributed by atoms with Crippen LogP contribution in [0.3, 0.4) is 0 Å². The maximum atomic E-state index is 11.9. The molecule has 0 aliphatic rings. The van der Waals surface area contributed by atoms with Crippen molar-refractivity contribution in [3.05, 3.63) is 29.3 Å². The number of ether oxygens (including phenoxy) is 1. The van der Waals surface area contributed by atoms with Gasteiger partial charge in [0, 0.05) is 24.4 Å². The summed E-state index contributed by atoms with van der Waals surface area (Å²) in [5.74, 6) is 0.149. The Balaban J connectivity index is 1.76. The smallest absolute Gasteiger partial charge is 0.234 e. The Morgan fingerprint density at radius 3 is 3.09 bits per heavy atom. The second-order valence-electron chi connectivity index (χ2n) is 4.14. The summed E-state index contributed by atoms with van der Waals surface area (Å²) >= 11 is 8.61. The second kappa shape index (κ2) is 8.94. The molecule has 2 aromatic rings. The number of anilines is 2. The number of thioether (sulfide) groups is 1. The fraction of sp³-hybridized carbons (Fsp3) is 0.308. The first-order valence-corrected chi connectivity index (χ1v) is 8.60. The van der Waals surface area contributed by atoms with Gasteiger partial charge in [0.1, 0.15) is 0 Å². The number of rotatable bonds is 8. The maximum absolute atomic E-state index is 11.9. The molecule has 22 heavy (non-hydrogen) atoms. The van der Waals surface area contributed by atoms with Gasteiger partial charge < -0.3 is 15.4 Å². The number of amides is 1. The lowest BCUT2D eigenvalue weighted by Gasteiger charge is -2.04. The van der Waals surface area contributed by atoms with Crippen LogP contribution in [0, 0.1) is 0 Å². The quantitative estimate of drug-likeness (QED) is 0.558. The molecule has 2 N–H and O–H groups in total. The summed E-state index contributed by atoms with van der Waals surface area (Å²) in [7, 11) is 1.64. The fourth-order valence-electron chi connectivity index (χ4n) is 1.49. The minimum absolute atomic E-state index is 0.114. The number of carbonyl (C=O) groups excluding carboxylic acids is 1. The average molecular weight is 359 g/mol. The Labute approximate surface area is 141 Å². The predicted molar refractivity (Wildman–Crippen MR) is 91.1 cm³/mol. The number of nitrogens with one attached hydrogen (secondary N) is 2. The molecule has 0 fully saturated rings. The van der Waals surface area contributed by atoms with Crippen molar-refractivity contribution >= 4 is 51.4 Å². The zero-order valence-corrected chi connectivity index (χ0v) is 14.2. The van der Waals surface area contributed by atoms with E-state index in [1.165, 1.54) is 23.1 Å². The van der Waals surface area contributed by atoms with Crippen molar-refractivity contribution in [1.82, 2.24) is 10.2 Å². The summed E-state index contributed by atoms with van der Waals surface area (Å²) in [5.41, 5.74) is 0.678. The molecule has 0 radical (unpaired) electrons. The van der Waals surface area contributed by atoms with E-state index in [4.69, 9.17) is 16.3 Å². The Hall–Kier alpha value is -1.35. The number of methoxy groups -OCH3 is 1. The van der Waals surface area contributed by atoms with Gasteiger partial charge in [0.25, 0.3) is 0 Å². The number of hydrogen-bond donors (Lipinski definition) is 2. The van der Waals surface area contributed by atoms with E-state index in [0.29, 0.717) is 23.9 Å². The normalized spacial score (nSPS) is 10.5. The van der Waals surface area contributed by atoms with Gasteiger partial charge in [-0.05, 0) is 18.2 Å². The van der Waals surface area contributed by atoms with Crippen LogP contribution in [-0.2, 0) is 9.53 Å². The summed E-state index contributed by atoms with van der Waals surface area (Å²) < 4.78 is 5.68. The molecule has 0 spiro atoms. The van der Waals surface area contributed by atoms with Gasteiger partial charge in [-0.2, -0.15) is 0 Å². The molecule has 118 valence electrons. The number of benzene rings is 1. The third-order valence-electron chi connectivity index (χ3n) is 2.42. The van der Waals surface area contributed by atoms with Gasteiger partial charge in [-0.15, -0.1) is 10.2 Å². The number of aromatic nitrogens is 2. The molecule has 0 atom stereocenters. The van der Waals surface area contributed by atoms with E-state index >= 15 is 0 Å². The number of nitrogens with zero attached hydrogens (tertiary/aromatic N) is 2. The molecule has 1 aromatic heterocycles. The molecule has 0 bridgehead atoms. The van der Waals surface area contributed by atoms with E-state index in [9.17, 15) is 4.79 Å². The van der Waals surface area contributed by atoms with Crippen molar-refractivity contribution in [2.45, 2.75) is 4.34 Å². The Kier molecular flexibility index (Phi) is 6.91. The highest BCUT2D eigenvalue weighted by Gasteiger charge is 2.08. The van der Waals surface area contributed by atoms with Crippen molar-refractivity contribution < 1.29 is 9.53 Å². The van der Waals surface area contributed by atoms with Crippen LogP contribution in [0.1, 0.15) is 0 Å². The molecule has 0 aliphatic carbocycles. The van der Waals surface area contributed by atoms with Crippen LogP contribution in [0.4, 0.5) is 10.8 Å². The van der Waals surface area contributed by atoms with Crippen LogP contribution in [0.25, 0.3) is 0 Å². The first-order valence-electron chi connectivity index (χ1n) is 6.42. The molecule has 0 aliphatic heterocycles. The van der Waals surface area contributed by atoms with E-state index in [2.05, 4.69) is 20.8 Å². The summed E-state index contributed by atoms with van der Waals surface area (Å²) in [4.78, 5) is 11.9. The van der Waals surface area contributed by atoms with Crippen molar-refractivity contribution in [3.63, 3.8) is 0 Å². The highest BCUT2D eigenvalue weighted by molar-refractivity contribution is 8.01. The van der Waals surface area contributed by atoms with Crippen LogP contribution in [0.15, 0.2) is 28.6 Å². The van der Waals surface area contributed by atoms with Crippen LogP contribution in [0.2, 0.25) is 5.02 Å². The Morgan fingerprint density at radius 2 is 2.32 bits per heavy atom. The van der Waals surface area contributed by atoms with Crippen LogP contribution >= 0.6 is 34.7 Å². The molecule has 0 unspecified atom stereocenters. The van der Waals surface area contributed by atoms with Gasteiger partial charge in [0.15, 0.2) is 4.34 Å². The van der Waals surface area contributed by atoms with Crippen LogP contribution in [0.5, 0.6) is 0 Å². The highest BCUT2D eigenvalue weighted by atomic mass is 35.5. The molecule has 1 aromatic carbocycles. The molecular formula is C13H15ClN4O2S2. The van der Waals surface area contributed by atoms with Gasteiger partial charge in [-0.25, -0.2) is 0 Å². The maximum Gasteiger partial charge on any atom is 0.234 e. The van der Waals surface area contributed by atoms with Crippen molar-refractivity contribution in [2.24, 2.45) is 0 Å². The third-order valence-corrected chi connectivity index (χ3v) is 4.67. The number of hydrogen-bond acceptors (Lipinski definition) is 7. The van der Waals surface area contributed by atoms with E-state index in [0.717, 1.165) is 9.47 Å². The standard InChI is InChI=1S/C13H15ClN4O2S2/c1-20-6-5-15-12-17-18-13(22-12)21-8-11(19)16-10-4-2-3-9(14)7-10/h2-4,7H,5-6,8H2,1H3,(H,15,17)(H,16,19). The minimum Gasteiger partial charge on any atom is -0.383 e. The molecule has 1 amide bonds. The van der Waals surface area contributed by atoms with Crippen molar-refractivity contribution in [2.75, 3.05) is 36.6 Å². The molecule has 0 saturated heterocycles. The third kappa shape index (κ3) is 5.80. The lowest BCUT2D eigenvalue weighted by Crippen LogP contribution is -2.13.